The number of piperazine rings is 1. The largest absolute Gasteiger partial charge is 0.487 e. The SMILES string of the molecule is Cc1ccc2[nH]ncc2c1-c1c(Cl)cc2c(N3CCN[C@@H](CC#N)C3)nc(OC[C@@H]3CCCN3C)nc2c1OC1CC(F)(F)C1. The Balaban J connectivity index is 1.42. The van der Waals surface area contributed by atoms with Crippen molar-refractivity contribution < 1.29 is 18.3 Å². The van der Waals surface area contributed by atoms with Crippen LogP contribution in [-0.2, 0) is 0 Å². The lowest BCUT2D eigenvalue weighted by atomic mass is 9.90. The summed E-state index contributed by atoms with van der Waals surface area (Å²) in [5, 5.41) is 21.9. The Morgan fingerprint density at radius 3 is 2.78 bits per heavy atom. The highest BCUT2D eigenvalue weighted by Gasteiger charge is 2.47. The monoisotopic (exact) mass is 636 g/mol. The highest BCUT2D eigenvalue weighted by Crippen LogP contribution is 2.50. The molecule has 2 aromatic carbocycles. The molecule has 4 aromatic rings. The predicted octanol–water partition coefficient (Wildman–Crippen LogP) is 5.48. The third-order valence-electron chi connectivity index (χ3n) is 9.25. The molecule has 0 bridgehead atoms. The average Bonchev–Trinajstić information content (AvgIpc) is 3.64. The van der Waals surface area contributed by atoms with E-state index in [4.69, 9.17) is 31.0 Å². The molecule has 2 aliphatic heterocycles. The van der Waals surface area contributed by atoms with Gasteiger partial charge in [-0.3, -0.25) is 5.10 Å². The number of aromatic amines is 1. The van der Waals surface area contributed by atoms with E-state index in [0.29, 0.717) is 65.7 Å². The number of rotatable bonds is 8. The highest BCUT2D eigenvalue weighted by molar-refractivity contribution is 6.35. The molecule has 2 atom stereocenters. The molecule has 1 aliphatic carbocycles. The molecule has 4 heterocycles. The van der Waals surface area contributed by atoms with Gasteiger partial charge in [0, 0.05) is 66.5 Å². The van der Waals surface area contributed by atoms with Crippen molar-refractivity contribution in [1.82, 2.24) is 30.4 Å². The standard InChI is InChI=1S/C32H35ClF2N8O2/c1-18-5-6-25-23(15-38-41-25)26(18)27-24(33)12-22-28(29(27)45-21-13-32(34,35)14-21)39-31(44-17-20-4-3-10-42(20)2)40-30(22)43-11-9-37-19(16-43)7-8-36/h5-6,12,15,19-21,37H,3-4,7,9-11,13-14,16-17H2,1-2H3,(H,38,41)/t19-,20-/m0/s1. The molecular formula is C32H35ClF2N8O2. The van der Waals surface area contributed by atoms with E-state index in [0.717, 1.165) is 41.4 Å². The van der Waals surface area contributed by atoms with Crippen LogP contribution in [0.4, 0.5) is 14.6 Å². The first-order chi connectivity index (χ1) is 21.7. The lowest BCUT2D eigenvalue weighted by Gasteiger charge is -2.36. The number of anilines is 1. The van der Waals surface area contributed by atoms with Crippen molar-refractivity contribution in [3.05, 3.63) is 35.0 Å². The van der Waals surface area contributed by atoms with Crippen molar-refractivity contribution in [2.24, 2.45) is 0 Å². The van der Waals surface area contributed by atoms with Crippen LogP contribution in [0.15, 0.2) is 24.4 Å². The van der Waals surface area contributed by atoms with Crippen molar-refractivity contribution in [1.29, 1.82) is 5.26 Å². The Morgan fingerprint density at radius 2 is 2.02 bits per heavy atom. The van der Waals surface area contributed by atoms with Crippen LogP contribution in [0.5, 0.6) is 11.8 Å². The number of H-pyrrole nitrogens is 1. The summed E-state index contributed by atoms with van der Waals surface area (Å²) in [6, 6.07) is 8.37. The summed E-state index contributed by atoms with van der Waals surface area (Å²) in [6.45, 7) is 5.23. The summed E-state index contributed by atoms with van der Waals surface area (Å²) in [4.78, 5) is 14.2. The smallest absolute Gasteiger partial charge is 0.319 e. The topological polar surface area (TPSA) is 115 Å². The van der Waals surface area contributed by atoms with Gasteiger partial charge in [0.1, 0.15) is 24.0 Å². The van der Waals surface area contributed by atoms with Gasteiger partial charge in [0.05, 0.1) is 29.2 Å². The summed E-state index contributed by atoms with van der Waals surface area (Å²) in [5.41, 5.74) is 3.54. The number of alkyl halides is 2. The van der Waals surface area contributed by atoms with Crippen molar-refractivity contribution >= 4 is 39.2 Å². The molecular weight excluding hydrogens is 602 g/mol. The van der Waals surface area contributed by atoms with Gasteiger partial charge in [-0.15, -0.1) is 0 Å². The number of nitrogens with one attached hydrogen (secondary N) is 2. The molecule has 10 nitrogen and oxygen atoms in total. The normalized spacial score (nSPS) is 22.1. The van der Waals surface area contributed by atoms with E-state index in [9.17, 15) is 14.0 Å². The molecule has 0 amide bonds. The molecule has 45 heavy (non-hydrogen) atoms. The van der Waals surface area contributed by atoms with E-state index in [2.05, 4.69) is 38.4 Å². The highest BCUT2D eigenvalue weighted by atomic mass is 35.5. The number of halogens is 3. The van der Waals surface area contributed by atoms with Gasteiger partial charge in [0.25, 0.3) is 5.92 Å². The van der Waals surface area contributed by atoms with Gasteiger partial charge in [-0.2, -0.15) is 20.3 Å². The van der Waals surface area contributed by atoms with E-state index >= 15 is 0 Å². The number of fused-ring (bicyclic) bond motifs is 2. The van der Waals surface area contributed by atoms with Crippen molar-refractivity contribution in [2.45, 2.75) is 63.1 Å². The summed E-state index contributed by atoms with van der Waals surface area (Å²) < 4.78 is 40.9. The third kappa shape index (κ3) is 5.73. The predicted molar refractivity (Wildman–Crippen MR) is 168 cm³/mol. The third-order valence-corrected chi connectivity index (χ3v) is 9.54. The van der Waals surface area contributed by atoms with Crippen molar-refractivity contribution in [2.75, 3.05) is 44.7 Å². The number of aromatic nitrogens is 4. The minimum absolute atomic E-state index is 0.0470. The first kappa shape index (κ1) is 29.9. The Bertz CT molecular complexity index is 1780. The minimum Gasteiger partial charge on any atom is -0.487 e. The number of aryl methyl sites for hydroxylation is 1. The first-order valence-corrected chi connectivity index (χ1v) is 15.8. The van der Waals surface area contributed by atoms with E-state index < -0.39 is 24.9 Å². The molecule has 0 radical (unpaired) electrons. The fraction of sp³-hybridized carbons (Fsp3) is 0.500. The Kier molecular flexibility index (Phi) is 7.88. The number of likely N-dealkylation sites (N-methyl/N-ethyl adjacent to an activating group) is 1. The molecule has 236 valence electrons. The van der Waals surface area contributed by atoms with Gasteiger partial charge in [-0.05, 0) is 51.1 Å². The number of nitriles is 1. The van der Waals surface area contributed by atoms with Gasteiger partial charge in [0.2, 0.25) is 0 Å². The second-order valence-electron chi connectivity index (χ2n) is 12.4. The second-order valence-corrected chi connectivity index (χ2v) is 12.8. The van der Waals surface area contributed by atoms with E-state index in [1.165, 1.54) is 0 Å². The van der Waals surface area contributed by atoms with Crippen LogP contribution >= 0.6 is 11.6 Å². The van der Waals surface area contributed by atoms with Crippen LogP contribution in [-0.4, -0.2) is 89.0 Å². The van der Waals surface area contributed by atoms with Gasteiger partial charge in [-0.1, -0.05) is 17.7 Å². The maximum Gasteiger partial charge on any atom is 0.319 e. The lowest BCUT2D eigenvalue weighted by Crippen LogP contribution is -2.51. The minimum atomic E-state index is -2.78. The number of likely N-dealkylation sites (tertiary alicyclic amines) is 1. The molecule has 2 N–H and O–H groups in total. The summed E-state index contributed by atoms with van der Waals surface area (Å²) in [5.74, 6) is -1.85. The Labute approximate surface area is 264 Å². The molecule has 3 aliphatic rings. The zero-order valence-electron chi connectivity index (χ0n) is 25.2. The quantitative estimate of drug-likeness (QED) is 0.260. The molecule has 7 rings (SSSR count). The van der Waals surface area contributed by atoms with Crippen LogP contribution in [0.1, 0.15) is 37.7 Å². The Hall–Kier alpha value is -3.79. The molecule has 3 fully saturated rings. The van der Waals surface area contributed by atoms with Crippen molar-refractivity contribution in [3.63, 3.8) is 0 Å². The van der Waals surface area contributed by atoms with Gasteiger partial charge >= 0.3 is 6.01 Å². The number of ether oxygens (including phenoxy) is 2. The summed E-state index contributed by atoms with van der Waals surface area (Å²) in [7, 11) is 2.08. The summed E-state index contributed by atoms with van der Waals surface area (Å²) >= 11 is 7.15. The number of benzene rings is 2. The molecule has 1 saturated carbocycles. The molecule has 0 spiro atoms. The molecule has 0 unspecified atom stereocenters. The average molecular weight is 637 g/mol. The van der Waals surface area contributed by atoms with Gasteiger partial charge in [0.15, 0.2) is 5.75 Å². The first-order valence-electron chi connectivity index (χ1n) is 15.4. The van der Waals surface area contributed by atoms with Gasteiger partial charge < -0.3 is 24.6 Å². The maximum atomic E-state index is 14.1. The van der Waals surface area contributed by atoms with Crippen LogP contribution < -0.4 is 19.7 Å². The fourth-order valence-corrected chi connectivity index (χ4v) is 7.05. The molecule has 2 saturated heterocycles. The van der Waals surface area contributed by atoms with Crippen LogP contribution in [0.2, 0.25) is 5.02 Å². The second kappa shape index (κ2) is 11.9. The van der Waals surface area contributed by atoms with Crippen LogP contribution in [0.3, 0.4) is 0 Å². The van der Waals surface area contributed by atoms with Crippen molar-refractivity contribution in [3.8, 4) is 29.0 Å². The van der Waals surface area contributed by atoms with Crippen LogP contribution in [0.25, 0.3) is 32.9 Å². The molecule has 2 aromatic heterocycles. The number of hydrogen-bond donors (Lipinski definition) is 2. The van der Waals surface area contributed by atoms with Crippen LogP contribution in [0, 0.1) is 18.3 Å². The zero-order valence-corrected chi connectivity index (χ0v) is 26.0. The Morgan fingerprint density at radius 1 is 1.18 bits per heavy atom. The zero-order chi connectivity index (χ0) is 31.3. The van der Waals surface area contributed by atoms with E-state index in [1.54, 1.807) is 6.20 Å². The number of hydrogen-bond acceptors (Lipinski definition) is 9. The summed E-state index contributed by atoms with van der Waals surface area (Å²) in [6.07, 6.45) is 2.70. The number of nitrogens with zero attached hydrogens (tertiary/aromatic N) is 6. The van der Waals surface area contributed by atoms with Gasteiger partial charge in [-0.25, -0.2) is 8.78 Å². The lowest BCUT2D eigenvalue weighted by molar-refractivity contribution is -0.134. The van der Waals surface area contributed by atoms with E-state index in [-0.39, 0.29) is 18.1 Å². The molecule has 13 heteroatoms. The fourth-order valence-electron chi connectivity index (χ4n) is 6.76. The maximum absolute atomic E-state index is 14.1. The van der Waals surface area contributed by atoms with E-state index in [1.807, 2.05) is 25.1 Å².